The molecular formula is C20H27F3IN3O. The number of methoxy groups -OCH3 is 1. The molecule has 0 aliphatic heterocycles. The standard InChI is InChI=1S/C20H26F3N3O.HI/c1-24-18(26-15-19(9-5-10-19)11-13-27-2)25-12-4-7-16-6-3-8-17(14-16)20(21,22)23;/h3,6,8,14H,5,9-13,15H2,1-2H3,(H2,24,25,26);1H. The highest BCUT2D eigenvalue weighted by molar-refractivity contribution is 14.0. The molecular weight excluding hydrogens is 482 g/mol. The van der Waals surface area contributed by atoms with Crippen molar-refractivity contribution in [2.75, 3.05) is 33.9 Å². The molecule has 0 saturated heterocycles. The molecule has 0 unspecified atom stereocenters. The zero-order valence-electron chi connectivity index (χ0n) is 16.2. The first-order valence-electron chi connectivity index (χ1n) is 8.98. The average molecular weight is 509 g/mol. The summed E-state index contributed by atoms with van der Waals surface area (Å²) in [4.78, 5) is 4.17. The van der Waals surface area contributed by atoms with Crippen molar-refractivity contribution < 1.29 is 17.9 Å². The molecule has 156 valence electrons. The van der Waals surface area contributed by atoms with Crippen LogP contribution in [0.5, 0.6) is 0 Å². The second-order valence-corrected chi connectivity index (χ2v) is 6.76. The van der Waals surface area contributed by atoms with Gasteiger partial charge in [-0.25, -0.2) is 0 Å². The van der Waals surface area contributed by atoms with E-state index >= 15 is 0 Å². The van der Waals surface area contributed by atoms with Crippen molar-refractivity contribution >= 4 is 29.9 Å². The Morgan fingerprint density at radius 2 is 2.04 bits per heavy atom. The Hall–Kier alpha value is -1.47. The van der Waals surface area contributed by atoms with Gasteiger partial charge in [0, 0.05) is 32.9 Å². The minimum atomic E-state index is -4.36. The van der Waals surface area contributed by atoms with Crippen molar-refractivity contribution in [3.8, 4) is 11.8 Å². The van der Waals surface area contributed by atoms with E-state index in [0.717, 1.165) is 31.7 Å². The number of benzene rings is 1. The first-order chi connectivity index (χ1) is 12.9. The lowest BCUT2D eigenvalue weighted by Crippen LogP contribution is -2.47. The number of ether oxygens (including phenoxy) is 1. The molecule has 0 amide bonds. The third kappa shape index (κ3) is 7.51. The number of halogens is 4. The van der Waals surface area contributed by atoms with Crippen molar-refractivity contribution in [1.29, 1.82) is 0 Å². The van der Waals surface area contributed by atoms with E-state index in [1.54, 1.807) is 20.2 Å². The van der Waals surface area contributed by atoms with Gasteiger partial charge in [0.1, 0.15) is 0 Å². The first-order valence-corrected chi connectivity index (χ1v) is 8.98. The molecule has 4 nitrogen and oxygen atoms in total. The molecule has 0 aromatic heterocycles. The van der Waals surface area contributed by atoms with Gasteiger partial charge in [0.2, 0.25) is 0 Å². The average Bonchev–Trinajstić information content (AvgIpc) is 2.61. The van der Waals surface area contributed by atoms with Gasteiger partial charge in [0.15, 0.2) is 5.96 Å². The van der Waals surface area contributed by atoms with Gasteiger partial charge in [-0.2, -0.15) is 13.2 Å². The van der Waals surface area contributed by atoms with E-state index in [-0.39, 0.29) is 29.4 Å². The summed E-state index contributed by atoms with van der Waals surface area (Å²) in [5, 5.41) is 6.39. The molecule has 28 heavy (non-hydrogen) atoms. The lowest BCUT2D eigenvalue weighted by Gasteiger charge is -2.42. The van der Waals surface area contributed by atoms with Gasteiger partial charge in [-0.1, -0.05) is 24.3 Å². The highest BCUT2D eigenvalue weighted by atomic mass is 127. The Morgan fingerprint density at radius 3 is 2.61 bits per heavy atom. The maximum Gasteiger partial charge on any atom is 0.416 e. The fraction of sp³-hybridized carbons (Fsp3) is 0.550. The van der Waals surface area contributed by atoms with E-state index in [1.165, 1.54) is 25.3 Å². The Morgan fingerprint density at radius 1 is 1.29 bits per heavy atom. The molecule has 1 aliphatic rings. The zero-order valence-corrected chi connectivity index (χ0v) is 18.5. The summed E-state index contributed by atoms with van der Waals surface area (Å²) in [7, 11) is 3.39. The number of nitrogens with zero attached hydrogens (tertiary/aromatic N) is 1. The Bertz CT molecular complexity index is 707. The van der Waals surface area contributed by atoms with Crippen LogP contribution in [0.2, 0.25) is 0 Å². The predicted octanol–water partition coefficient (Wildman–Crippen LogP) is 4.05. The molecule has 0 atom stereocenters. The number of aliphatic imine (C=N–C) groups is 1. The Balaban J connectivity index is 0.00000392. The highest BCUT2D eigenvalue weighted by Gasteiger charge is 2.36. The van der Waals surface area contributed by atoms with Gasteiger partial charge in [-0.3, -0.25) is 4.99 Å². The van der Waals surface area contributed by atoms with Gasteiger partial charge >= 0.3 is 6.18 Å². The van der Waals surface area contributed by atoms with Crippen molar-refractivity contribution in [3.05, 3.63) is 35.4 Å². The number of hydrogen-bond donors (Lipinski definition) is 2. The molecule has 2 rings (SSSR count). The van der Waals surface area contributed by atoms with Crippen LogP contribution in [0.3, 0.4) is 0 Å². The third-order valence-electron chi connectivity index (χ3n) is 4.87. The molecule has 2 N–H and O–H groups in total. The van der Waals surface area contributed by atoms with Crippen LogP contribution in [-0.4, -0.2) is 39.8 Å². The predicted molar refractivity (Wildman–Crippen MR) is 116 cm³/mol. The molecule has 0 heterocycles. The van der Waals surface area contributed by atoms with Gasteiger partial charge in [-0.05, 0) is 42.9 Å². The van der Waals surface area contributed by atoms with Gasteiger partial charge in [-0.15, -0.1) is 24.0 Å². The topological polar surface area (TPSA) is 45.7 Å². The minimum absolute atomic E-state index is 0. The quantitative estimate of drug-likeness (QED) is 0.264. The van der Waals surface area contributed by atoms with Crippen molar-refractivity contribution in [3.63, 3.8) is 0 Å². The Kier molecular flexibility index (Phi) is 10.1. The summed E-state index contributed by atoms with van der Waals surface area (Å²) >= 11 is 0. The number of nitrogens with one attached hydrogen (secondary N) is 2. The molecule has 1 aliphatic carbocycles. The monoisotopic (exact) mass is 509 g/mol. The highest BCUT2D eigenvalue weighted by Crippen LogP contribution is 2.43. The van der Waals surface area contributed by atoms with Crippen molar-refractivity contribution in [2.24, 2.45) is 10.4 Å². The summed E-state index contributed by atoms with van der Waals surface area (Å²) < 4.78 is 43.3. The molecule has 0 bridgehead atoms. The second-order valence-electron chi connectivity index (χ2n) is 6.76. The Labute approximate surface area is 181 Å². The van der Waals surface area contributed by atoms with Gasteiger partial charge in [0.05, 0.1) is 12.1 Å². The normalized spacial score (nSPS) is 15.5. The van der Waals surface area contributed by atoms with Crippen LogP contribution in [0, 0.1) is 17.3 Å². The van der Waals surface area contributed by atoms with E-state index < -0.39 is 11.7 Å². The summed E-state index contributed by atoms with van der Waals surface area (Å²) in [6, 6.07) is 5.01. The van der Waals surface area contributed by atoms with Crippen molar-refractivity contribution in [2.45, 2.75) is 31.9 Å². The summed E-state index contributed by atoms with van der Waals surface area (Å²) in [6.45, 7) is 1.86. The minimum Gasteiger partial charge on any atom is -0.385 e. The number of rotatable bonds is 6. The summed E-state index contributed by atoms with van der Waals surface area (Å²) in [6.07, 6.45) is 0.246. The maximum atomic E-state index is 12.7. The summed E-state index contributed by atoms with van der Waals surface area (Å²) in [5.41, 5.74) is -0.0960. The molecule has 0 spiro atoms. The zero-order chi connectivity index (χ0) is 19.8. The van der Waals surface area contributed by atoms with Gasteiger partial charge < -0.3 is 15.4 Å². The van der Waals surface area contributed by atoms with Crippen LogP contribution in [0.15, 0.2) is 29.3 Å². The molecule has 1 aromatic rings. The SMILES string of the molecule is CN=C(NCC#Cc1cccc(C(F)(F)F)c1)NCC1(CCOC)CCC1.I. The molecule has 1 aromatic carbocycles. The molecule has 0 radical (unpaired) electrons. The van der Waals surface area contributed by atoms with Crippen LogP contribution >= 0.6 is 24.0 Å². The van der Waals surface area contributed by atoms with Crippen LogP contribution in [0.1, 0.15) is 36.8 Å². The van der Waals surface area contributed by atoms with Crippen molar-refractivity contribution in [1.82, 2.24) is 10.6 Å². The van der Waals surface area contributed by atoms with Crippen LogP contribution in [-0.2, 0) is 10.9 Å². The lowest BCUT2D eigenvalue weighted by molar-refractivity contribution is -0.137. The first kappa shape index (κ1) is 24.6. The van der Waals surface area contributed by atoms with Crippen LogP contribution in [0.25, 0.3) is 0 Å². The number of guanidine groups is 1. The number of hydrogen-bond acceptors (Lipinski definition) is 2. The fourth-order valence-electron chi connectivity index (χ4n) is 3.05. The van der Waals surface area contributed by atoms with E-state index in [1.807, 2.05) is 0 Å². The van der Waals surface area contributed by atoms with E-state index in [0.29, 0.717) is 18.1 Å². The summed E-state index contributed by atoms with van der Waals surface area (Å²) in [5.74, 6) is 6.22. The lowest BCUT2D eigenvalue weighted by atomic mass is 9.67. The largest absolute Gasteiger partial charge is 0.416 e. The molecule has 1 saturated carbocycles. The van der Waals surface area contributed by atoms with Crippen LogP contribution < -0.4 is 10.6 Å². The smallest absolute Gasteiger partial charge is 0.385 e. The van der Waals surface area contributed by atoms with Crippen LogP contribution in [0.4, 0.5) is 13.2 Å². The second kappa shape index (κ2) is 11.5. The molecule has 8 heteroatoms. The van der Waals surface area contributed by atoms with E-state index in [2.05, 4.69) is 27.5 Å². The third-order valence-corrected chi connectivity index (χ3v) is 4.87. The van der Waals surface area contributed by atoms with E-state index in [4.69, 9.17) is 4.74 Å². The van der Waals surface area contributed by atoms with Gasteiger partial charge in [0.25, 0.3) is 0 Å². The maximum absolute atomic E-state index is 12.7. The number of alkyl halides is 3. The molecule has 1 fully saturated rings. The van der Waals surface area contributed by atoms with E-state index in [9.17, 15) is 13.2 Å². The fourth-order valence-corrected chi connectivity index (χ4v) is 3.05.